The molecule has 0 aromatic heterocycles. The van der Waals surface area contributed by atoms with Crippen molar-refractivity contribution in [3.63, 3.8) is 0 Å². The third-order valence-corrected chi connectivity index (χ3v) is 5.42. The Kier molecular flexibility index (Phi) is 5.11. The minimum Gasteiger partial charge on any atom is -0.329 e. The first kappa shape index (κ1) is 16.5. The first-order valence-electron chi connectivity index (χ1n) is 8.35. The topological polar surface area (TPSA) is 29.3 Å². The summed E-state index contributed by atoms with van der Waals surface area (Å²) in [6.07, 6.45) is 2.59. The van der Waals surface area contributed by atoms with E-state index in [1.807, 2.05) is 0 Å². The van der Waals surface area contributed by atoms with Crippen LogP contribution in [-0.4, -0.2) is 24.5 Å². The number of benzene rings is 1. The van der Waals surface area contributed by atoms with Gasteiger partial charge in [0.2, 0.25) is 0 Å². The van der Waals surface area contributed by atoms with Crippen LogP contribution in [0.5, 0.6) is 0 Å². The van der Waals surface area contributed by atoms with Crippen LogP contribution in [0.1, 0.15) is 56.3 Å². The Morgan fingerprint density at radius 3 is 2.33 bits per heavy atom. The fourth-order valence-electron chi connectivity index (χ4n) is 3.68. The lowest BCUT2D eigenvalue weighted by molar-refractivity contribution is 0.0844. The largest absolute Gasteiger partial charge is 0.329 e. The summed E-state index contributed by atoms with van der Waals surface area (Å²) in [5, 5.41) is 0. The number of rotatable bonds is 3. The van der Waals surface area contributed by atoms with Crippen LogP contribution in [0.25, 0.3) is 0 Å². The van der Waals surface area contributed by atoms with Gasteiger partial charge in [-0.3, -0.25) is 4.90 Å². The fraction of sp³-hybridized carbons (Fsp3) is 0.684. The van der Waals surface area contributed by atoms with Crippen molar-refractivity contribution in [1.29, 1.82) is 0 Å². The summed E-state index contributed by atoms with van der Waals surface area (Å²) in [5.41, 5.74) is 10.8. The molecule has 2 N–H and O–H groups in total. The lowest BCUT2D eigenvalue weighted by Crippen LogP contribution is -2.42. The molecule has 118 valence electrons. The summed E-state index contributed by atoms with van der Waals surface area (Å²) in [4.78, 5) is 2.60. The van der Waals surface area contributed by atoms with Crippen molar-refractivity contribution in [1.82, 2.24) is 4.90 Å². The molecule has 1 aromatic carbocycles. The number of hydrogen-bond donors (Lipinski definition) is 1. The highest BCUT2D eigenvalue weighted by Gasteiger charge is 2.31. The van der Waals surface area contributed by atoms with Crippen molar-refractivity contribution in [2.24, 2.45) is 17.1 Å². The first-order chi connectivity index (χ1) is 9.84. The van der Waals surface area contributed by atoms with Gasteiger partial charge in [-0.15, -0.1) is 0 Å². The van der Waals surface area contributed by atoms with Crippen LogP contribution >= 0.6 is 0 Å². The van der Waals surface area contributed by atoms with E-state index in [0.29, 0.717) is 18.0 Å². The van der Waals surface area contributed by atoms with Gasteiger partial charge in [0.05, 0.1) is 0 Å². The lowest BCUT2D eigenvalue weighted by atomic mass is 9.75. The Hall–Kier alpha value is -0.860. The highest BCUT2D eigenvalue weighted by molar-refractivity contribution is 5.35. The molecule has 1 aliphatic rings. The smallest absolute Gasteiger partial charge is 0.0473 e. The SMILES string of the molecule is Cc1cccc(C(CN)N2CCC(C(C)(C)C)CC2)c1C. The van der Waals surface area contributed by atoms with Crippen LogP contribution in [0.3, 0.4) is 0 Å². The monoisotopic (exact) mass is 288 g/mol. The quantitative estimate of drug-likeness (QED) is 0.908. The molecule has 1 saturated heterocycles. The van der Waals surface area contributed by atoms with Crippen molar-refractivity contribution in [3.05, 3.63) is 34.9 Å². The minimum atomic E-state index is 0.380. The van der Waals surface area contributed by atoms with Gasteiger partial charge in [-0.1, -0.05) is 39.0 Å². The van der Waals surface area contributed by atoms with Gasteiger partial charge in [-0.2, -0.15) is 0 Å². The van der Waals surface area contributed by atoms with Crippen LogP contribution in [0.4, 0.5) is 0 Å². The van der Waals surface area contributed by atoms with Gasteiger partial charge in [0.1, 0.15) is 0 Å². The third-order valence-electron chi connectivity index (χ3n) is 5.42. The van der Waals surface area contributed by atoms with Crippen LogP contribution in [0, 0.1) is 25.2 Å². The zero-order valence-corrected chi connectivity index (χ0v) is 14.4. The molecule has 1 aliphatic heterocycles. The molecule has 0 amide bonds. The standard InChI is InChI=1S/C19H32N2/c1-14-7-6-8-17(15(14)2)18(13-20)21-11-9-16(10-12-21)19(3,4)5/h6-8,16,18H,9-13,20H2,1-5H3. The molecule has 0 spiro atoms. The maximum absolute atomic E-state index is 6.13. The molecule has 1 heterocycles. The molecule has 0 bridgehead atoms. The van der Waals surface area contributed by atoms with Gasteiger partial charge in [-0.25, -0.2) is 0 Å². The number of nitrogens with zero attached hydrogens (tertiary/aromatic N) is 1. The number of likely N-dealkylation sites (tertiary alicyclic amines) is 1. The van der Waals surface area contributed by atoms with Gasteiger partial charge >= 0.3 is 0 Å². The number of hydrogen-bond acceptors (Lipinski definition) is 2. The summed E-state index contributed by atoms with van der Waals surface area (Å²) in [5.74, 6) is 0.839. The molecule has 1 unspecified atom stereocenters. The minimum absolute atomic E-state index is 0.380. The van der Waals surface area contributed by atoms with Crippen molar-refractivity contribution in [2.75, 3.05) is 19.6 Å². The lowest BCUT2D eigenvalue weighted by Gasteiger charge is -2.42. The predicted octanol–water partition coefficient (Wildman–Crippen LogP) is 4.06. The summed E-state index contributed by atoms with van der Waals surface area (Å²) in [6.45, 7) is 14.6. The van der Waals surface area contributed by atoms with E-state index in [-0.39, 0.29) is 0 Å². The van der Waals surface area contributed by atoms with Crippen molar-refractivity contribution in [2.45, 2.75) is 53.5 Å². The normalized spacial score (nSPS) is 19.7. The van der Waals surface area contributed by atoms with Crippen molar-refractivity contribution in [3.8, 4) is 0 Å². The Morgan fingerprint density at radius 1 is 1.19 bits per heavy atom. The van der Waals surface area contributed by atoms with Crippen LogP contribution in [0.2, 0.25) is 0 Å². The highest BCUT2D eigenvalue weighted by atomic mass is 15.2. The highest BCUT2D eigenvalue weighted by Crippen LogP contribution is 2.37. The molecule has 0 radical (unpaired) electrons. The second kappa shape index (κ2) is 6.50. The van der Waals surface area contributed by atoms with Gasteiger partial charge in [0.25, 0.3) is 0 Å². The van der Waals surface area contributed by atoms with E-state index in [4.69, 9.17) is 5.73 Å². The molecule has 2 heteroatoms. The molecular formula is C19H32N2. The summed E-state index contributed by atoms with van der Waals surface area (Å²) >= 11 is 0. The molecule has 1 fully saturated rings. The fourth-order valence-corrected chi connectivity index (χ4v) is 3.68. The van der Waals surface area contributed by atoms with E-state index >= 15 is 0 Å². The van der Waals surface area contributed by atoms with Gasteiger partial charge in [-0.05, 0) is 67.8 Å². The average Bonchev–Trinajstić information content (AvgIpc) is 2.44. The van der Waals surface area contributed by atoms with Crippen LogP contribution in [-0.2, 0) is 0 Å². The van der Waals surface area contributed by atoms with E-state index in [0.717, 1.165) is 5.92 Å². The van der Waals surface area contributed by atoms with E-state index in [1.54, 1.807) is 0 Å². The summed E-state index contributed by atoms with van der Waals surface area (Å²) in [6, 6.07) is 7.00. The van der Waals surface area contributed by atoms with E-state index in [9.17, 15) is 0 Å². The van der Waals surface area contributed by atoms with Crippen LogP contribution < -0.4 is 5.73 Å². The third kappa shape index (κ3) is 3.67. The Morgan fingerprint density at radius 2 is 1.81 bits per heavy atom. The van der Waals surface area contributed by atoms with Crippen molar-refractivity contribution < 1.29 is 0 Å². The second-order valence-corrected chi connectivity index (χ2v) is 7.72. The average molecular weight is 288 g/mol. The summed E-state index contributed by atoms with van der Waals surface area (Å²) in [7, 11) is 0. The zero-order chi connectivity index (χ0) is 15.6. The molecular weight excluding hydrogens is 256 g/mol. The number of piperidine rings is 1. The van der Waals surface area contributed by atoms with E-state index < -0.39 is 0 Å². The Bertz CT molecular complexity index is 465. The predicted molar refractivity (Wildman–Crippen MR) is 91.5 cm³/mol. The number of aryl methyl sites for hydroxylation is 1. The zero-order valence-electron chi connectivity index (χ0n) is 14.4. The molecule has 2 nitrogen and oxygen atoms in total. The van der Waals surface area contributed by atoms with Gasteiger partial charge in [0.15, 0.2) is 0 Å². The Balaban J connectivity index is 2.12. The molecule has 0 saturated carbocycles. The van der Waals surface area contributed by atoms with Crippen molar-refractivity contribution >= 4 is 0 Å². The number of nitrogens with two attached hydrogens (primary N) is 1. The molecule has 2 rings (SSSR count). The van der Waals surface area contributed by atoms with E-state index in [2.05, 4.69) is 57.7 Å². The molecule has 1 aromatic rings. The maximum Gasteiger partial charge on any atom is 0.0473 e. The van der Waals surface area contributed by atoms with E-state index in [1.165, 1.54) is 42.6 Å². The summed E-state index contributed by atoms with van der Waals surface area (Å²) < 4.78 is 0. The molecule has 0 aliphatic carbocycles. The van der Waals surface area contributed by atoms with Crippen LogP contribution in [0.15, 0.2) is 18.2 Å². The van der Waals surface area contributed by atoms with Gasteiger partial charge in [0, 0.05) is 12.6 Å². The maximum atomic E-state index is 6.13. The Labute approximate surface area is 130 Å². The van der Waals surface area contributed by atoms with Gasteiger partial charge < -0.3 is 5.73 Å². The first-order valence-corrected chi connectivity index (χ1v) is 8.35. The molecule has 1 atom stereocenters. The molecule has 21 heavy (non-hydrogen) atoms. The second-order valence-electron chi connectivity index (χ2n) is 7.72.